The van der Waals surface area contributed by atoms with Crippen molar-refractivity contribution in [3.63, 3.8) is 0 Å². The van der Waals surface area contributed by atoms with Crippen LogP contribution < -0.4 is 0 Å². The van der Waals surface area contributed by atoms with Gasteiger partial charge in [0.25, 0.3) is 0 Å². The molecule has 1 nitrogen and oxygen atoms in total. The quantitative estimate of drug-likeness (QED) is 0.333. The summed E-state index contributed by atoms with van der Waals surface area (Å²) < 4.78 is 11.1. The molecular weight excluding hydrogens is 375 g/mol. The van der Waals surface area contributed by atoms with Crippen LogP contribution in [0.1, 0.15) is 64.9 Å². The minimum absolute atomic E-state index is 0.956. The summed E-state index contributed by atoms with van der Waals surface area (Å²) in [7, 11) is 0. The zero-order valence-corrected chi connectivity index (χ0v) is 17.9. The number of benzene rings is 1. The molecule has 0 aliphatic carbocycles. The second kappa shape index (κ2) is 12.4. The number of unbranched alkanes of at least 4 members (excludes halogenated alkanes) is 3. The second-order valence-corrected chi connectivity index (χ2v) is 18.4. The molecule has 0 bridgehead atoms. The summed E-state index contributed by atoms with van der Waals surface area (Å²) in [6.45, 7) is 7.91. The van der Waals surface area contributed by atoms with E-state index in [1.807, 2.05) is 0 Å². The first-order valence-corrected chi connectivity index (χ1v) is 16.7. The van der Waals surface area contributed by atoms with Crippen LogP contribution in [-0.2, 0) is 9.49 Å². The maximum atomic E-state index is 6.75. The molecule has 126 valence electrons. The van der Waals surface area contributed by atoms with Crippen molar-refractivity contribution in [1.82, 2.24) is 0 Å². The SMILES string of the molecule is CCC[CH2][Sn]([CH2]CCC)([CH2]CCC)[O]CCc1ccccc1. The zero-order valence-electron chi connectivity index (χ0n) is 15.1. The van der Waals surface area contributed by atoms with Gasteiger partial charge >= 0.3 is 143 Å². The Hall–Kier alpha value is -0.0213. The van der Waals surface area contributed by atoms with Gasteiger partial charge in [-0.15, -0.1) is 0 Å². The fourth-order valence-electron chi connectivity index (χ4n) is 3.12. The molecule has 1 rings (SSSR count). The number of hydrogen-bond acceptors (Lipinski definition) is 1. The summed E-state index contributed by atoms with van der Waals surface area (Å²) in [4.78, 5) is 0. The van der Waals surface area contributed by atoms with Gasteiger partial charge in [0.1, 0.15) is 0 Å². The molecule has 0 aliphatic heterocycles. The Bertz CT molecular complexity index is 341. The Morgan fingerprint density at radius 1 is 0.773 bits per heavy atom. The van der Waals surface area contributed by atoms with Crippen molar-refractivity contribution >= 4 is 18.8 Å². The van der Waals surface area contributed by atoms with Crippen molar-refractivity contribution in [2.24, 2.45) is 0 Å². The van der Waals surface area contributed by atoms with Crippen molar-refractivity contribution < 1.29 is 3.07 Å². The normalized spacial score (nSPS) is 11.8. The van der Waals surface area contributed by atoms with Crippen LogP contribution in [0, 0.1) is 0 Å². The van der Waals surface area contributed by atoms with E-state index in [-0.39, 0.29) is 0 Å². The van der Waals surface area contributed by atoms with Crippen LogP contribution in [0.2, 0.25) is 13.3 Å². The van der Waals surface area contributed by atoms with E-state index in [1.165, 1.54) is 57.4 Å². The molecular formula is C20H36OSn. The molecule has 0 radical (unpaired) electrons. The molecule has 0 N–H and O–H groups in total. The van der Waals surface area contributed by atoms with Gasteiger partial charge in [0.05, 0.1) is 0 Å². The Morgan fingerprint density at radius 3 is 1.73 bits per heavy atom. The van der Waals surface area contributed by atoms with Gasteiger partial charge in [0.15, 0.2) is 0 Å². The molecule has 0 aromatic heterocycles. The van der Waals surface area contributed by atoms with E-state index in [9.17, 15) is 0 Å². The van der Waals surface area contributed by atoms with Gasteiger partial charge in [-0.1, -0.05) is 0 Å². The van der Waals surface area contributed by atoms with Gasteiger partial charge in [-0.05, 0) is 0 Å². The van der Waals surface area contributed by atoms with Crippen molar-refractivity contribution in [3.05, 3.63) is 35.9 Å². The van der Waals surface area contributed by atoms with Crippen molar-refractivity contribution in [2.75, 3.05) is 6.61 Å². The Kier molecular flexibility index (Phi) is 11.3. The van der Waals surface area contributed by atoms with Crippen molar-refractivity contribution in [3.8, 4) is 0 Å². The van der Waals surface area contributed by atoms with Crippen LogP contribution in [0.15, 0.2) is 30.3 Å². The van der Waals surface area contributed by atoms with E-state index in [0.29, 0.717) is 0 Å². The maximum absolute atomic E-state index is 6.75. The topological polar surface area (TPSA) is 9.23 Å². The first kappa shape index (κ1) is 20.0. The van der Waals surface area contributed by atoms with Gasteiger partial charge in [0, 0.05) is 0 Å². The summed E-state index contributed by atoms with van der Waals surface area (Å²) in [6, 6.07) is 10.8. The van der Waals surface area contributed by atoms with E-state index in [4.69, 9.17) is 3.07 Å². The third-order valence-corrected chi connectivity index (χ3v) is 17.8. The molecule has 0 aliphatic rings. The Balaban J connectivity index is 2.59. The molecule has 22 heavy (non-hydrogen) atoms. The van der Waals surface area contributed by atoms with Crippen molar-refractivity contribution in [1.29, 1.82) is 0 Å². The van der Waals surface area contributed by atoms with E-state index in [0.717, 1.165) is 13.0 Å². The predicted molar refractivity (Wildman–Crippen MR) is 101 cm³/mol. The number of hydrogen-bond donors (Lipinski definition) is 0. The summed E-state index contributed by atoms with van der Waals surface area (Å²) in [5.41, 5.74) is 1.42. The van der Waals surface area contributed by atoms with Crippen molar-refractivity contribution in [2.45, 2.75) is 79.0 Å². The summed E-state index contributed by atoms with van der Waals surface area (Å²) >= 11 is -2.36. The molecule has 0 atom stereocenters. The average Bonchev–Trinajstić information content (AvgIpc) is 2.57. The monoisotopic (exact) mass is 412 g/mol. The van der Waals surface area contributed by atoms with E-state index in [2.05, 4.69) is 51.1 Å². The molecule has 1 aromatic carbocycles. The molecule has 0 heterocycles. The molecule has 0 amide bonds. The van der Waals surface area contributed by atoms with Crippen LogP contribution in [0.3, 0.4) is 0 Å². The first-order chi connectivity index (χ1) is 10.8. The Morgan fingerprint density at radius 2 is 1.27 bits per heavy atom. The molecule has 2 heteroatoms. The average molecular weight is 411 g/mol. The molecule has 1 aromatic rings. The first-order valence-electron chi connectivity index (χ1n) is 9.44. The summed E-state index contributed by atoms with van der Waals surface area (Å²) in [5.74, 6) is 0. The predicted octanol–water partition coefficient (Wildman–Crippen LogP) is 6.59. The van der Waals surface area contributed by atoms with E-state index < -0.39 is 18.8 Å². The third kappa shape index (κ3) is 8.01. The van der Waals surface area contributed by atoms with Crippen LogP contribution >= 0.6 is 0 Å². The van der Waals surface area contributed by atoms with Gasteiger partial charge in [-0.3, -0.25) is 0 Å². The van der Waals surface area contributed by atoms with Gasteiger partial charge in [0.2, 0.25) is 0 Å². The van der Waals surface area contributed by atoms with Gasteiger partial charge < -0.3 is 0 Å². The van der Waals surface area contributed by atoms with Crippen LogP contribution in [0.5, 0.6) is 0 Å². The van der Waals surface area contributed by atoms with Gasteiger partial charge in [-0.25, -0.2) is 0 Å². The van der Waals surface area contributed by atoms with E-state index in [1.54, 1.807) is 0 Å². The summed E-state index contributed by atoms with van der Waals surface area (Å²) in [6.07, 6.45) is 9.19. The molecule has 0 saturated heterocycles. The standard InChI is InChI=1S/C8H9O.3C4H9.Sn/c9-7-6-8-4-2-1-3-5-8;3*1-3-4-2;/h1-5H,6-7H2;3*1,3-4H2,2H3;/q-1;;;;+1. The minimum atomic E-state index is -2.36. The number of rotatable bonds is 13. The fourth-order valence-corrected chi connectivity index (χ4v) is 16.6. The van der Waals surface area contributed by atoms with Crippen LogP contribution in [-0.4, -0.2) is 25.4 Å². The third-order valence-electron chi connectivity index (χ3n) is 4.60. The molecule has 0 saturated carbocycles. The van der Waals surface area contributed by atoms with Gasteiger partial charge in [-0.2, -0.15) is 0 Å². The zero-order chi connectivity index (χ0) is 16.1. The van der Waals surface area contributed by atoms with Crippen LogP contribution in [0.25, 0.3) is 0 Å². The fraction of sp³-hybridized carbons (Fsp3) is 0.700. The molecule has 0 fully saturated rings. The summed E-state index contributed by atoms with van der Waals surface area (Å²) in [5, 5.41) is 0. The second-order valence-electron chi connectivity index (χ2n) is 6.58. The van der Waals surface area contributed by atoms with Crippen LogP contribution in [0.4, 0.5) is 0 Å². The van der Waals surface area contributed by atoms with E-state index >= 15 is 0 Å². The Labute approximate surface area is 143 Å². The molecule has 0 unspecified atom stereocenters. The molecule has 0 spiro atoms.